The van der Waals surface area contributed by atoms with Crippen molar-refractivity contribution in [2.45, 2.75) is 13.3 Å². The number of rotatable bonds is 3. The zero-order chi connectivity index (χ0) is 14.7. The predicted octanol–water partition coefficient (Wildman–Crippen LogP) is 2.27. The number of carboxylic acids is 1. The maximum absolute atomic E-state index is 12.0. The van der Waals surface area contributed by atoms with Crippen LogP contribution in [-0.2, 0) is 0 Å². The number of benzene rings is 1. The van der Waals surface area contributed by atoms with E-state index in [1.807, 2.05) is 0 Å². The molecule has 1 aliphatic heterocycles. The Bertz CT molecular complexity index is 530. The van der Waals surface area contributed by atoms with E-state index in [4.69, 9.17) is 9.84 Å². The SMILES string of the molecule is COc1cc(NC(=O)N2CCC(C)C2)ccc1C(=O)O. The molecule has 1 heterocycles. The summed E-state index contributed by atoms with van der Waals surface area (Å²) in [7, 11) is 1.40. The number of urea groups is 1. The molecule has 0 bridgehead atoms. The molecule has 1 atom stereocenters. The molecule has 108 valence electrons. The van der Waals surface area contributed by atoms with Crippen LogP contribution >= 0.6 is 0 Å². The molecule has 2 N–H and O–H groups in total. The molecule has 1 aromatic carbocycles. The normalized spacial score (nSPS) is 17.9. The van der Waals surface area contributed by atoms with Crippen LogP contribution in [0.25, 0.3) is 0 Å². The number of amides is 2. The number of ether oxygens (including phenoxy) is 1. The maximum Gasteiger partial charge on any atom is 0.339 e. The molecule has 0 spiro atoms. The highest BCUT2D eigenvalue weighted by Gasteiger charge is 2.23. The summed E-state index contributed by atoms with van der Waals surface area (Å²) in [6, 6.07) is 4.33. The number of nitrogens with one attached hydrogen (secondary N) is 1. The number of carboxylic acid groups (broad SMARTS) is 1. The van der Waals surface area contributed by atoms with Crippen molar-refractivity contribution >= 4 is 17.7 Å². The lowest BCUT2D eigenvalue weighted by atomic mass is 10.2. The Balaban J connectivity index is 2.10. The van der Waals surface area contributed by atoms with E-state index in [-0.39, 0.29) is 17.3 Å². The number of hydrogen-bond donors (Lipinski definition) is 2. The van der Waals surface area contributed by atoms with Crippen molar-refractivity contribution in [2.24, 2.45) is 5.92 Å². The van der Waals surface area contributed by atoms with Crippen LogP contribution in [-0.4, -0.2) is 42.2 Å². The van der Waals surface area contributed by atoms with Crippen LogP contribution in [0.2, 0.25) is 0 Å². The zero-order valence-corrected chi connectivity index (χ0v) is 11.5. The number of carbonyl (C=O) groups excluding carboxylic acids is 1. The molecule has 2 rings (SSSR count). The van der Waals surface area contributed by atoms with E-state index in [1.54, 1.807) is 11.0 Å². The molecule has 1 fully saturated rings. The molecule has 6 heteroatoms. The van der Waals surface area contributed by atoms with Crippen molar-refractivity contribution in [1.29, 1.82) is 0 Å². The summed E-state index contributed by atoms with van der Waals surface area (Å²) in [4.78, 5) is 24.8. The van der Waals surface area contributed by atoms with Gasteiger partial charge in [-0.2, -0.15) is 0 Å². The lowest BCUT2D eigenvalue weighted by Gasteiger charge is -2.17. The van der Waals surface area contributed by atoms with E-state index < -0.39 is 5.97 Å². The molecule has 6 nitrogen and oxygen atoms in total. The predicted molar refractivity (Wildman–Crippen MR) is 74.3 cm³/mol. The summed E-state index contributed by atoms with van der Waals surface area (Å²) < 4.78 is 5.03. The number of methoxy groups -OCH3 is 1. The van der Waals surface area contributed by atoms with Crippen LogP contribution in [0.15, 0.2) is 18.2 Å². The van der Waals surface area contributed by atoms with Crippen molar-refractivity contribution in [3.63, 3.8) is 0 Å². The van der Waals surface area contributed by atoms with Gasteiger partial charge in [0.1, 0.15) is 11.3 Å². The van der Waals surface area contributed by atoms with Crippen molar-refractivity contribution in [1.82, 2.24) is 4.90 Å². The van der Waals surface area contributed by atoms with Crippen molar-refractivity contribution in [3.8, 4) is 5.75 Å². The van der Waals surface area contributed by atoms with Crippen LogP contribution in [0.5, 0.6) is 5.75 Å². The van der Waals surface area contributed by atoms with E-state index in [2.05, 4.69) is 12.2 Å². The second-order valence-electron chi connectivity index (χ2n) is 4.99. The summed E-state index contributed by atoms with van der Waals surface area (Å²) in [5, 5.41) is 11.8. The summed E-state index contributed by atoms with van der Waals surface area (Å²) >= 11 is 0. The minimum atomic E-state index is -1.06. The summed E-state index contributed by atoms with van der Waals surface area (Å²) in [6.45, 7) is 3.60. The van der Waals surface area contributed by atoms with Crippen LogP contribution in [0.1, 0.15) is 23.7 Å². The Labute approximate surface area is 117 Å². The first-order valence-electron chi connectivity index (χ1n) is 6.48. The third-order valence-corrected chi connectivity index (χ3v) is 3.39. The number of likely N-dealkylation sites (tertiary alicyclic amines) is 1. The number of hydrogen-bond acceptors (Lipinski definition) is 3. The molecule has 0 aliphatic carbocycles. The molecule has 1 unspecified atom stereocenters. The zero-order valence-electron chi connectivity index (χ0n) is 11.5. The minimum absolute atomic E-state index is 0.0697. The summed E-state index contributed by atoms with van der Waals surface area (Å²) in [6.07, 6.45) is 1.01. The molecule has 1 aromatic rings. The third kappa shape index (κ3) is 3.01. The molecule has 20 heavy (non-hydrogen) atoms. The van der Waals surface area contributed by atoms with Gasteiger partial charge in [-0.1, -0.05) is 6.92 Å². The largest absolute Gasteiger partial charge is 0.496 e. The summed E-state index contributed by atoms with van der Waals surface area (Å²) in [5.41, 5.74) is 0.594. The average Bonchev–Trinajstić information content (AvgIpc) is 2.85. The molecular formula is C14H18N2O4. The van der Waals surface area contributed by atoms with Gasteiger partial charge in [0.05, 0.1) is 7.11 Å². The van der Waals surface area contributed by atoms with E-state index in [1.165, 1.54) is 19.2 Å². The lowest BCUT2D eigenvalue weighted by Crippen LogP contribution is -2.32. The molecule has 1 aliphatic rings. The maximum atomic E-state index is 12.0. The van der Waals surface area contributed by atoms with Gasteiger partial charge in [-0.15, -0.1) is 0 Å². The Hall–Kier alpha value is -2.24. The van der Waals surface area contributed by atoms with Crippen molar-refractivity contribution < 1.29 is 19.4 Å². The average molecular weight is 278 g/mol. The first-order chi connectivity index (χ1) is 9.51. The molecule has 0 saturated carbocycles. The lowest BCUT2D eigenvalue weighted by molar-refractivity contribution is 0.0693. The monoisotopic (exact) mass is 278 g/mol. The van der Waals surface area contributed by atoms with Gasteiger partial charge < -0.3 is 20.1 Å². The third-order valence-electron chi connectivity index (χ3n) is 3.39. The highest BCUT2D eigenvalue weighted by Crippen LogP contribution is 2.24. The van der Waals surface area contributed by atoms with E-state index >= 15 is 0 Å². The molecule has 1 saturated heterocycles. The van der Waals surface area contributed by atoms with E-state index in [0.717, 1.165) is 19.5 Å². The fourth-order valence-electron chi connectivity index (χ4n) is 2.27. The number of aromatic carboxylic acids is 1. The minimum Gasteiger partial charge on any atom is -0.496 e. The van der Waals surface area contributed by atoms with Crippen LogP contribution in [0, 0.1) is 5.92 Å². The molecule has 0 aromatic heterocycles. The number of anilines is 1. The smallest absolute Gasteiger partial charge is 0.339 e. The van der Waals surface area contributed by atoms with Gasteiger partial charge in [0.2, 0.25) is 0 Å². The fourth-order valence-corrected chi connectivity index (χ4v) is 2.27. The topological polar surface area (TPSA) is 78.9 Å². The Morgan fingerprint density at radius 1 is 1.45 bits per heavy atom. The first kappa shape index (κ1) is 14.2. The quantitative estimate of drug-likeness (QED) is 0.889. The van der Waals surface area contributed by atoms with Crippen LogP contribution in [0.4, 0.5) is 10.5 Å². The molecular weight excluding hydrogens is 260 g/mol. The highest BCUT2D eigenvalue weighted by molar-refractivity contribution is 5.94. The van der Waals surface area contributed by atoms with Crippen LogP contribution < -0.4 is 10.1 Å². The van der Waals surface area contributed by atoms with Gasteiger partial charge in [-0.3, -0.25) is 0 Å². The van der Waals surface area contributed by atoms with Gasteiger partial charge >= 0.3 is 12.0 Å². The fraction of sp³-hybridized carbons (Fsp3) is 0.429. The second-order valence-corrected chi connectivity index (χ2v) is 4.99. The number of nitrogens with zero attached hydrogens (tertiary/aromatic N) is 1. The van der Waals surface area contributed by atoms with Gasteiger partial charge in [-0.25, -0.2) is 9.59 Å². The van der Waals surface area contributed by atoms with E-state index in [9.17, 15) is 9.59 Å². The van der Waals surface area contributed by atoms with Gasteiger partial charge in [0.15, 0.2) is 0 Å². The second kappa shape index (κ2) is 5.81. The Morgan fingerprint density at radius 2 is 2.20 bits per heavy atom. The molecule has 2 amide bonds. The first-order valence-corrected chi connectivity index (χ1v) is 6.48. The standard InChI is InChI=1S/C14H18N2O4/c1-9-5-6-16(8-9)14(19)15-10-3-4-11(13(17)18)12(7-10)20-2/h3-4,7,9H,5-6,8H2,1-2H3,(H,15,19)(H,17,18). The summed E-state index contributed by atoms with van der Waals surface area (Å²) in [5.74, 6) is -0.317. The number of carbonyl (C=O) groups is 2. The van der Waals surface area contributed by atoms with Crippen molar-refractivity contribution in [2.75, 3.05) is 25.5 Å². The highest BCUT2D eigenvalue weighted by atomic mass is 16.5. The Kier molecular flexibility index (Phi) is 4.12. The van der Waals surface area contributed by atoms with Crippen LogP contribution in [0.3, 0.4) is 0 Å². The van der Waals surface area contributed by atoms with E-state index in [0.29, 0.717) is 11.6 Å². The van der Waals surface area contributed by atoms with Gasteiger partial charge in [-0.05, 0) is 24.5 Å². The van der Waals surface area contributed by atoms with Gasteiger partial charge in [0, 0.05) is 24.8 Å². The molecule has 0 radical (unpaired) electrons. The Morgan fingerprint density at radius 3 is 2.75 bits per heavy atom. The van der Waals surface area contributed by atoms with Gasteiger partial charge in [0.25, 0.3) is 0 Å². The van der Waals surface area contributed by atoms with Crippen molar-refractivity contribution in [3.05, 3.63) is 23.8 Å².